The van der Waals surface area contributed by atoms with E-state index in [0.29, 0.717) is 0 Å². The molecule has 0 aliphatic carbocycles. The van der Waals surface area contributed by atoms with E-state index in [2.05, 4.69) is 5.32 Å². The van der Waals surface area contributed by atoms with Gasteiger partial charge in [-0.2, -0.15) is 0 Å². The summed E-state index contributed by atoms with van der Waals surface area (Å²) in [5.74, 6) is -0.0683. The van der Waals surface area contributed by atoms with E-state index in [1.807, 2.05) is 0 Å². The number of esters is 1. The largest absolute Gasteiger partial charge is 0.445 e. The minimum atomic E-state index is -0.0683. The molecule has 3 nitrogen and oxygen atoms in total. The average molecular weight is 113 g/mol. The Kier molecular flexibility index (Phi) is 0.663. The molecule has 0 spiro atoms. The van der Waals surface area contributed by atoms with Crippen LogP contribution in [-0.2, 0) is 9.53 Å². The van der Waals surface area contributed by atoms with Gasteiger partial charge in [-0.3, -0.25) is 10.1 Å². The van der Waals surface area contributed by atoms with Gasteiger partial charge in [-0.05, 0) is 6.42 Å². The molecule has 2 unspecified atom stereocenters. The van der Waals surface area contributed by atoms with Crippen molar-refractivity contribution in [2.24, 2.45) is 0 Å². The van der Waals surface area contributed by atoms with Crippen LogP contribution in [0.5, 0.6) is 0 Å². The minimum Gasteiger partial charge on any atom is -0.445 e. The van der Waals surface area contributed by atoms with Crippen LogP contribution in [0.15, 0.2) is 0 Å². The van der Waals surface area contributed by atoms with Crippen molar-refractivity contribution in [3.63, 3.8) is 0 Å². The van der Waals surface area contributed by atoms with Crippen LogP contribution in [0.1, 0.15) is 12.8 Å². The third-order valence-electron chi connectivity index (χ3n) is 1.65. The van der Waals surface area contributed by atoms with Gasteiger partial charge in [-0.25, -0.2) is 0 Å². The van der Waals surface area contributed by atoms with Crippen LogP contribution in [0.4, 0.5) is 0 Å². The summed E-state index contributed by atoms with van der Waals surface area (Å²) in [7, 11) is 0. The van der Waals surface area contributed by atoms with E-state index in [1.165, 1.54) is 0 Å². The van der Waals surface area contributed by atoms with Crippen LogP contribution in [0, 0.1) is 0 Å². The number of ether oxygens (including phenoxy) is 1. The van der Waals surface area contributed by atoms with Crippen molar-refractivity contribution >= 4 is 5.97 Å². The predicted molar refractivity (Wildman–Crippen MR) is 26.0 cm³/mol. The number of nitrogens with one attached hydrogen (secondary N) is 1. The van der Waals surface area contributed by atoms with Gasteiger partial charge in [0, 0.05) is 6.42 Å². The van der Waals surface area contributed by atoms with Gasteiger partial charge in [-0.15, -0.1) is 0 Å². The molecule has 0 radical (unpaired) electrons. The first-order valence-corrected chi connectivity index (χ1v) is 2.83. The Morgan fingerprint density at radius 2 is 2.50 bits per heavy atom. The summed E-state index contributed by atoms with van der Waals surface area (Å²) in [6.45, 7) is 0. The molecule has 2 aliphatic heterocycles. The Morgan fingerprint density at radius 3 is 2.75 bits per heavy atom. The molecule has 2 bridgehead atoms. The summed E-state index contributed by atoms with van der Waals surface area (Å²) in [6.07, 6.45) is 2.01. The molecule has 2 heterocycles. The number of rotatable bonds is 0. The summed E-state index contributed by atoms with van der Waals surface area (Å²) >= 11 is 0. The highest BCUT2D eigenvalue weighted by molar-refractivity contribution is 5.78. The average Bonchev–Trinajstić information content (AvgIpc) is 2.23. The standard InChI is InChI=1S/C5H7NO2/c7-5-3-1-2-4(6-3)8-5/h3-4,6H,1-2H2. The SMILES string of the molecule is O=C1OC2CCC1N2. The monoisotopic (exact) mass is 113 g/mol. The van der Waals surface area contributed by atoms with E-state index in [1.54, 1.807) is 0 Å². The summed E-state index contributed by atoms with van der Waals surface area (Å²) < 4.78 is 4.81. The van der Waals surface area contributed by atoms with Crippen molar-refractivity contribution in [1.29, 1.82) is 0 Å². The zero-order valence-electron chi connectivity index (χ0n) is 4.39. The van der Waals surface area contributed by atoms with Gasteiger partial charge in [0.25, 0.3) is 0 Å². The first kappa shape index (κ1) is 4.32. The molecule has 3 heteroatoms. The van der Waals surface area contributed by atoms with E-state index in [-0.39, 0.29) is 18.2 Å². The van der Waals surface area contributed by atoms with E-state index in [9.17, 15) is 4.79 Å². The fourth-order valence-electron chi connectivity index (χ4n) is 1.21. The Hall–Kier alpha value is -0.570. The normalized spacial score (nSPS) is 42.8. The van der Waals surface area contributed by atoms with Crippen molar-refractivity contribution < 1.29 is 9.53 Å². The van der Waals surface area contributed by atoms with Gasteiger partial charge in [0.05, 0.1) is 0 Å². The summed E-state index contributed by atoms with van der Waals surface area (Å²) in [4.78, 5) is 10.6. The first-order valence-electron chi connectivity index (χ1n) is 2.83. The molecule has 2 fully saturated rings. The van der Waals surface area contributed by atoms with Crippen LogP contribution >= 0.6 is 0 Å². The van der Waals surface area contributed by atoms with E-state index in [0.717, 1.165) is 12.8 Å². The lowest BCUT2D eigenvalue weighted by molar-refractivity contribution is -0.145. The first-order chi connectivity index (χ1) is 3.86. The number of carbonyl (C=O) groups excluding carboxylic acids is 1. The number of hydrogen-bond donors (Lipinski definition) is 1. The lowest BCUT2D eigenvalue weighted by Gasteiger charge is -2.05. The van der Waals surface area contributed by atoms with Gasteiger partial charge in [0.15, 0.2) is 6.23 Å². The highest BCUT2D eigenvalue weighted by Gasteiger charge is 2.39. The molecule has 44 valence electrons. The van der Waals surface area contributed by atoms with Crippen molar-refractivity contribution in [2.75, 3.05) is 0 Å². The Balaban J connectivity index is 2.22. The Morgan fingerprint density at radius 1 is 1.62 bits per heavy atom. The highest BCUT2D eigenvalue weighted by Crippen LogP contribution is 2.21. The second kappa shape index (κ2) is 1.23. The van der Waals surface area contributed by atoms with Gasteiger partial charge in [0.1, 0.15) is 6.04 Å². The smallest absolute Gasteiger partial charge is 0.324 e. The predicted octanol–water partition coefficient (Wildman–Crippen LogP) is -0.379. The molecule has 0 amide bonds. The maximum absolute atomic E-state index is 10.6. The Labute approximate surface area is 47.0 Å². The molecule has 2 saturated heterocycles. The number of fused-ring (bicyclic) bond motifs is 2. The molecule has 2 atom stereocenters. The quantitative estimate of drug-likeness (QED) is 0.435. The van der Waals surface area contributed by atoms with Crippen molar-refractivity contribution in [2.45, 2.75) is 25.1 Å². The maximum Gasteiger partial charge on any atom is 0.324 e. The summed E-state index contributed by atoms with van der Waals surface area (Å²) in [5, 5.41) is 3.01. The molecule has 2 aliphatic rings. The molecule has 8 heavy (non-hydrogen) atoms. The topological polar surface area (TPSA) is 38.3 Å². The minimum absolute atomic E-state index is 0.0278. The molecule has 0 aromatic rings. The van der Waals surface area contributed by atoms with Crippen molar-refractivity contribution in [3.05, 3.63) is 0 Å². The number of hydrogen-bond acceptors (Lipinski definition) is 3. The van der Waals surface area contributed by atoms with Gasteiger partial charge in [-0.1, -0.05) is 0 Å². The van der Waals surface area contributed by atoms with E-state index >= 15 is 0 Å². The van der Waals surface area contributed by atoms with Crippen LogP contribution in [0.25, 0.3) is 0 Å². The van der Waals surface area contributed by atoms with Crippen molar-refractivity contribution in [3.8, 4) is 0 Å². The summed E-state index contributed by atoms with van der Waals surface area (Å²) in [5.41, 5.74) is 0. The maximum atomic E-state index is 10.6. The van der Waals surface area contributed by atoms with Gasteiger partial charge in [0.2, 0.25) is 0 Å². The molecule has 0 aromatic heterocycles. The number of carbonyl (C=O) groups is 1. The van der Waals surface area contributed by atoms with Gasteiger partial charge < -0.3 is 4.74 Å². The third-order valence-corrected chi connectivity index (χ3v) is 1.65. The molecule has 1 N–H and O–H groups in total. The van der Waals surface area contributed by atoms with Crippen LogP contribution < -0.4 is 5.32 Å². The second-order valence-corrected chi connectivity index (χ2v) is 2.22. The van der Waals surface area contributed by atoms with Crippen molar-refractivity contribution in [1.82, 2.24) is 5.32 Å². The van der Waals surface area contributed by atoms with Crippen LogP contribution in [0.3, 0.4) is 0 Å². The van der Waals surface area contributed by atoms with Crippen LogP contribution in [0.2, 0.25) is 0 Å². The lowest BCUT2D eigenvalue weighted by Crippen LogP contribution is -2.22. The van der Waals surface area contributed by atoms with E-state index in [4.69, 9.17) is 4.74 Å². The molecular weight excluding hydrogens is 106 g/mol. The third kappa shape index (κ3) is 0.395. The molecule has 2 rings (SSSR count). The van der Waals surface area contributed by atoms with Gasteiger partial charge >= 0.3 is 5.97 Å². The second-order valence-electron chi connectivity index (χ2n) is 2.22. The molecule has 0 aromatic carbocycles. The summed E-state index contributed by atoms with van der Waals surface area (Å²) in [6, 6.07) is 0.0278. The zero-order valence-corrected chi connectivity index (χ0v) is 4.39. The zero-order chi connectivity index (χ0) is 5.56. The fraction of sp³-hybridized carbons (Fsp3) is 0.800. The van der Waals surface area contributed by atoms with E-state index < -0.39 is 0 Å². The fourth-order valence-corrected chi connectivity index (χ4v) is 1.21. The molecule has 0 saturated carbocycles. The highest BCUT2D eigenvalue weighted by atomic mass is 16.6. The lowest BCUT2D eigenvalue weighted by atomic mass is 10.2. The Bertz CT molecular complexity index is 134. The van der Waals surface area contributed by atoms with Crippen LogP contribution in [-0.4, -0.2) is 18.2 Å². The molecular formula is C5H7NO2.